The van der Waals surface area contributed by atoms with Crippen LogP contribution in [0.3, 0.4) is 0 Å². The Bertz CT molecular complexity index is 1150. The predicted molar refractivity (Wildman–Crippen MR) is 111 cm³/mol. The minimum Gasteiger partial charge on any atom is -0.477 e. The van der Waals surface area contributed by atoms with Crippen LogP contribution in [0.2, 0.25) is 5.02 Å². The summed E-state index contributed by atoms with van der Waals surface area (Å²) in [5, 5.41) is 11.7. The minimum absolute atomic E-state index is 0.336. The topological polar surface area (TPSA) is 106 Å². The van der Waals surface area contributed by atoms with E-state index in [9.17, 15) is 4.79 Å². The lowest BCUT2D eigenvalue weighted by molar-refractivity contribution is 0.102. The molecule has 1 amide bonds. The molecule has 10 heteroatoms. The quantitative estimate of drug-likeness (QED) is 0.476. The third-order valence-corrected chi connectivity index (χ3v) is 5.30. The average Bonchev–Trinajstić information content (AvgIpc) is 3.38. The number of nitrogens with one attached hydrogen (secondary N) is 2. The monoisotopic (exact) mass is 426 g/mol. The summed E-state index contributed by atoms with van der Waals surface area (Å²) in [6.07, 6.45) is 3.10. The first-order valence-corrected chi connectivity index (χ1v) is 9.87. The van der Waals surface area contributed by atoms with Crippen molar-refractivity contribution in [3.8, 4) is 27.2 Å². The van der Waals surface area contributed by atoms with Crippen molar-refractivity contribution < 1.29 is 9.53 Å². The standard InChI is InChI=1S/C19H15ClN6O2S/c1-2-28-18-15(16-22-10-23-26-16)29-19(25-18)11-7-8-21-14(9-11)24-17(27)12-5-3-4-6-13(12)20/h3-10H,2H2,1H3,(H,21,24,27)(H,22,23,26). The molecule has 0 aliphatic carbocycles. The Morgan fingerprint density at radius 2 is 2.17 bits per heavy atom. The molecule has 0 aliphatic rings. The molecule has 0 unspecified atom stereocenters. The van der Waals surface area contributed by atoms with Crippen LogP contribution in [0.5, 0.6) is 5.88 Å². The van der Waals surface area contributed by atoms with Crippen LogP contribution < -0.4 is 10.1 Å². The molecular formula is C19H15ClN6O2S. The summed E-state index contributed by atoms with van der Waals surface area (Å²) in [6, 6.07) is 10.4. The lowest BCUT2D eigenvalue weighted by Gasteiger charge is -2.06. The van der Waals surface area contributed by atoms with E-state index in [1.165, 1.54) is 17.7 Å². The van der Waals surface area contributed by atoms with Crippen LogP contribution in [0.25, 0.3) is 21.3 Å². The van der Waals surface area contributed by atoms with Crippen molar-refractivity contribution in [2.75, 3.05) is 11.9 Å². The van der Waals surface area contributed by atoms with Crippen LogP contribution in [0.4, 0.5) is 5.82 Å². The third-order valence-electron chi connectivity index (χ3n) is 3.88. The summed E-state index contributed by atoms with van der Waals surface area (Å²) >= 11 is 7.50. The number of ether oxygens (including phenoxy) is 1. The first-order valence-electron chi connectivity index (χ1n) is 8.68. The van der Waals surface area contributed by atoms with Crippen molar-refractivity contribution in [2.24, 2.45) is 0 Å². The summed E-state index contributed by atoms with van der Waals surface area (Å²) in [7, 11) is 0. The van der Waals surface area contributed by atoms with Gasteiger partial charge >= 0.3 is 0 Å². The summed E-state index contributed by atoms with van der Waals surface area (Å²) in [5.74, 6) is 1.11. The van der Waals surface area contributed by atoms with Crippen molar-refractivity contribution in [2.45, 2.75) is 6.92 Å². The number of aromatic amines is 1. The average molecular weight is 427 g/mol. The van der Waals surface area contributed by atoms with Gasteiger partial charge in [0.25, 0.3) is 5.91 Å². The van der Waals surface area contributed by atoms with Crippen LogP contribution in [0.15, 0.2) is 48.9 Å². The number of thiazole rings is 1. The van der Waals surface area contributed by atoms with E-state index in [0.717, 1.165) is 10.4 Å². The molecule has 0 saturated carbocycles. The van der Waals surface area contributed by atoms with Gasteiger partial charge in [0, 0.05) is 11.8 Å². The zero-order valence-electron chi connectivity index (χ0n) is 15.2. The fraction of sp³-hybridized carbons (Fsp3) is 0.105. The van der Waals surface area contributed by atoms with Crippen LogP contribution in [0.1, 0.15) is 17.3 Å². The van der Waals surface area contributed by atoms with Crippen molar-refractivity contribution >= 4 is 34.7 Å². The smallest absolute Gasteiger partial charge is 0.258 e. The van der Waals surface area contributed by atoms with E-state index >= 15 is 0 Å². The number of nitrogens with zero attached hydrogens (tertiary/aromatic N) is 4. The van der Waals surface area contributed by atoms with Gasteiger partial charge in [-0.15, -0.1) is 21.5 Å². The van der Waals surface area contributed by atoms with E-state index in [4.69, 9.17) is 16.3 Å². The second-order valence-corrected chi connectivity index (χ2v) is 7.19. The van der Waals surface area contributed by atoms with E-state index < -0.39 is 0 Å². The second kappa shape index (κ2) is 8.38. The molecule has 0 radical (unpaired) electrons. The molecule has 0 atom stereocenters. The molecular weight excluding hydrogens is 412 g/mol. The number of amides is 1. The van der Waals surface area contributed by atoms with Crippen LogP contribution >= 0.6 is 22.9 Å². The molecule has 29 heavy (non-hydrogen) atoms. The van der Waals surface area contributed by atoms with Crippen molar-refractivity contribution in [3.05, 3.63) is 59.5 Å². The summed E-state index contributed by atoms with van der Waals surface area (Å²) in [6.45, 7) is 2.36. The number of anilines is 1. The Morgan fingerprint density at radius 3 is 2.93 bits per heavy atom. The van der Waals surface area contributed by atoms with Crippen molar-refractivity contribution in [1.82, 2.24) is 25.1 Å². The molecule has 0 fully saturated rings. The van der Waals surface area contributed by atoms with Gasteiger partial charge < -0.3 is 15.0 Å². The normalized spacial score (nSPS) is 10.7. The zero-order valence-corrected chi connectivity index (χ0v) is 16.8. The Hall–Kier alpha value is -3.30. The first-order chi connectivity index (χ1) is 14.2. The van der Waals surface area contributed by atoms with Gasteiger partial charge in [0.1, 0.15) is 22.0 Å². The molecule has 4 rings (SSSR count). The van der Waals surface area contributed by atoms with Gasteiger partial charge in [-0.3, -0.25) is 4.79 Å². The van der Waals surface area contributed by atoms with Gasteiger partial charge in [-0.25, -0.2) is 9.97 Å². The van der Waals surface area contributed by atoms with Gasteiger partial charge in [0.2, 0.25) is 5.88 Å². The van der Waals surface area contributed by atoms with E-state index in [2.05, 4.69) is 30.5 Å². The highest BCUT2D eigenvalue weighted by atomic mass is 35.5. The number of carbonyl (C=O) groups is 1. The highest BCUT2D eigenvalue weighted by Crippen LogP contribution is 2.38. The number of hydrogen-bond acceptors (Lipinski definition) is 7. The molecule has 4 aromatic rings. The summed E-state index contributed by atoms with van der Waals surface area (Å²) in [4.78, 5) is 25.0. The third kappa shape index (κ3) is 4.10. The maximum absolute atomic E-state index is 12.5. The van der Waals surface area contributed by atoms with E-state index in [0.29, 0.717) is 39.7 Å². The zero-order chi connectivity index (χ0) is 20.2. The molecule has 2 N–H and O–H groups in total. The predicted octanol–water partition coefficient (Wildman–Crippen LogP) is 4.29. The Morgan fingerprint density at radius 1 is 1.31 bits per heavy atom. The maximum atomic E-state index is 12.5. The van der Waals surface area contributed by atoms with E-state index in [1.54, 1.807) is 36.5 Å². The fourth-order valence-corrected chi connectivity index (χ4v) is 3.77. The molecule has 0 saturated heterocycles. The number of pyridine rings is 1. The second-order valence-electron chi connectivity index (χ2n) is 5.79. The highest BCUT2D eigenvalue weighted by molar-refractivity contribution is 7.18. The first kappa shape index (κ1) is 19.0. The number of hydrogen-bond donors (Lipinski definition) is 2. The van der Waals surface area contributed by atoms with E-state index in [-0.39, 0.29) is 5.91 Å². The number of rotatable bonds is 6. The van der Waals surface area contributed by atoms with Gasteiger partial charge in [0.05, 0.1) is 17.2 Å². The van der Waals surface area contributed by atoms with Crippen LogP contribution in [-0.2, 0) is 0 Å². The Kier molecular flexibility index (Phi) is 5.50. The van der Waals surface area contributed by atoms with Gasteiger partial charge in [-0.2, -0.15) is 0 Å². The lowest BCUT2D eigenvalue weighted by atomic mass is 10.2. The summed E-state index contributed by atoms with van der Waals surface area (Å²) in [5.41, 5.74) is 1.16. The maximum Gasteiger partial charge on any atom is 0.258 e. The Labute approximate surface area is 175 Å². The fourth-order valence-electron chi connectivity index (χ4n) is 2.59. The number of aromatic nitrogens is 5. The largest absolute Gasteiger partial charge is 0.477 e. The molecule has 0 aliphatic heterocycles. The van der Waals surface area contributed by atoms with Crippen molar-refractivity contribution in [1.29, 1.82) is 0 Å². The molecule has 1 aromatic carbocycles. The Balaban J connectivity index is 1.63. The highest BCUT2D eigenvalue weighted by Gasteiger charge is 2.18. The van der Waals surface area contributed by atoms with Crippen LogP contribution in [0, 0.1) is 0 Å². The molecule has 8 nitrogen and oxygen atoms in total. The van der Waals surface area contributed by atoms with Crippen molar-refractivity contribution in [3.63, 3.8) is 0 Å². The van der Waals surface area contributed by atoms with E-state index in [1.807, 2.05) is 13.0 Å². The summed E-state index contributed by atoms with van der Waals surface area (Å²) < 4.78 is 5.64. The number of benzene rings is 1. The lowest BCUT2D eigenvalue weighted by Crippen LogP contribution is -2.13. The molecule has 3 aromatic heterocycles. The van der Waals surface area contributed by atoms with Gasteiger partial charge in [-0.05, 0) is 31.2 Å². The minimum atomic E-state index is -0.336. The molecule has 146 valence electrons. The molecule has 0 bridgehead atoms. The number of halogens is 1. The van der Waals surface area contributed by atoms with Crippen LogP contribution in [-0.4, -0.2) is 37.7 Å². The number of carbonyl (C=O) groups excluding carboxylic acids is 1. The number of H-pyrrole nitrogens is 1. The molecule has 3 heterocycles. The van der Waals surface area contributed by atoms with Gasteiger partial charge in [-0.1, -0.05) is 23.7 Å². The molecule has 0 spiro atoms. The van der Waals surface area contributed by atoms with Gasteiger partial charge in [0.15, 0.2) is 5.82 Å². The SMILES string of the molecule is CCOc1nc(-c2ccnc(NC(=O)c3ccccc3Cl)c2)sc1-c1nnc[nH]1.